The average Bonchev–Trinajstić information content (AvgIpc) is 3.56. The van der Waals surface area contributed by atoms with E-state index in [0.717, 1.165) is 11.0 Å². The van der Waals surface area contributed by atoms with Crippen LogP contribution in [0.15, 0.2) is 58.3 Å². The fourth-order valence-corrected chi connectivity index (χ4v) is 12.5. The molecule has 0 bridgehead atoms. The summed E-state index contributed by atoms with van der Waals surface area (Å²) in [6, 6.07) is 12.5. The summed E-state index contributed by atoms with van der Waals surface area (Å²) in [4.78, 5) is 0.101. The van der Waals surface area contributed by atoms with Crippen LogP contribution in [0, 0.1) is 6.92 Å². The van der Waals surface area contributed by atoms with Crippen molar-refractivity contribution in [2.45, 2.75) is 66.8 Å². The molecule has 3 saturated heterocycles. The van der Waals surface area contributed by atoms with Crippen LogP contribution in [-0.2, 0) is 47.4 Å². The van der Waals surface area contributed by atoms with Gasteiger partial charge in [-0.2, -0.15) is 16.8 Å². The highest BCUT2D eigenvalue weighted by atomic mass is 32.2. The number of aryl methyl sites for hydroxylation is 1. The van der Waals surface area contributed by atoms with Crippen LogP contribution in [0.3, 0.4) is 0 Å². The van der Waals surface area contributed by atoms with E-state index in [9.17, 15) is 27.0 Å². The molecule has 0 saturated carbocycles. The zero-order valence-corrected chi connectivity index (χ0v) is 49.5. The lowest BCUT2D eigenvalue weighted by Crippen LogP contribution is -2.92. The Morgan fingerprint density at radius 1 is 0.458 bits per heavy atom. The summed E-state index contributed by atoms with van der Waals surface area (Å²) in [5, 5.41) is 19.5. The van der Waals surface area contributed by atoms with Crippen LogP contribution in [0.2, 0.25) is 0 Å². The molecule has 83 heavy (non-hydrogen) atoms. The molecule has 12 nitrogen and oxygen atoms in total. The van der Waals surface area contributed by atoms with Gasteiger partial charge in [-0.05, 0) is 64.3 Å². The van der Waals surface area contributed by atoms with Crippen LogP contribution in [0.5, 0.6) is 0 Å². The Morgan fingerprint density at radius 3 is 0.952 bits per heavy atom. The maximum atomic E-state index is 12.2. The Bertz CT molecular complexity index is 2370. The molecule has 3 aliphatic heterocycles. The molecule has 355 valence electrons. The molecule has 0 spiro atoms. The summed E-state index contributed by atoms with van der Waals surface area (Å²) in [6.45, 7) is 9.44. The Balaban J connectivity index is 0.000000359. The molecule has 0 unspecified atom stereocenters. The van der Waals surface area contributed by atoms with Crippen LogP contribution in [0.1, 0.15) is 33.3 Å². The summed E-state index contributed by atoms with van der Waals surface area (Å²) in [5.41, 5.74) is -1.64. The number of ether oxygens (including phenoxy) is 2. The van der Waals surface area contributed by atoms with Gasteiger partial charge in [0.1, 0.15) is 11.2 Å². The van der Waals surface area contributed by atoms with E-state index in [1.165, 1.54) is 31.3 Å². The SMILES string of the molecule is CC1(C)OB(c2ccc(S(=O)(=O)OCC3(O)COC3)cc2)OC1(C)C.Cc1ccc(S(=O)(=O)OCC2(O)COC2)cc1.[B][B]B(B([B])[B])B(B([B])[B])B(B(B(B([B])[B])B([B])[B])B(B([B])[B])B([B])[B])B(B(B([B])[B])B([B])[B])B(B([B])[B])B([B])[B]. The molecule has 0 aromatic heterocycles. The van der Waals surface area contributed by atoms with Crippen molar-refractivity contribution in [3.63, 3.8) is 0 Å². The minimum atomic E-state index is -3.95. The number of aliphatic hydroxyl groups is 2. The van der Waals surface area contributed by atoms with Gasteiger partial charge < -0.3 is 29.0 Å². The minimum Gasteiger partial charge on any atom is -0.399 e. The number of hydrogen-bond acceptors (Lipinski definition) is 12. The molecule has 0 aliphatic carbocycles. The first-order valence-electron chi connectivity index (χ1n) is 26.6. The van der Waals surface area contributed by atoms with Gasteiger partial charge in [-0.1, -0.05) is 29.8 Å². The third kappa shape index (κ3) is 21.1. The summed E-state index contributed by atoms with van der Waals surface area (Å²) in [6.07, 6.45) is -21.3. The molecular formula is C27H37B42O12S2. The zero-order chi connectivity index (χ0) is 63.7. The second-order valence-corrected chi connectivity index (χ2v) is 26.2. The van der Waals surface area contributed by atoms with Crippen molar-refractivity contribution in [2.24, 2.45) is 0 Å². The quantitative estimate of drug-likeness (QED) is 0.0613. The molecule has 2 N–H and O–H groups in total. The predicted octanol–water partition coefficient (Wildman–Crippen LogP) is -14.7. The number of benzene rings is 2. The van der Waals surface area contributed by atoms with Crippen molar-refractivity contribution >= 4 is 324 Å². The predicted molar refractivity (Wildman–Crippen MR) is 387 cm³/mol. The molecule has 0 amide bonds. The molecule has 2 aromatic rings. The van der Waals surface area contributed by atoms with Gasteiger partial charge in [0.2, 0.25) is 0 Å². The Labute approximate surface area is 534 Å². The smallest absolute Gasteiger partial charge is 0.399 e. The molecule has 0 atom stereocenters. The van der Waals surface area contributed by atoms with Crippen molar-refractivity contribution in [3.05, 3.63) is 54.1 Å². The Hall–Kier alpha value is 0.747. The van der Waals surface area contributed by atoms with Gasteiger partial charge in [0.25, 0.3) is 20.2 Å². The monoisotopic (exact) mass is 1080 g/mol. The van der Waals surface area contributed by atoms with Crippen LogP contribution >= 0.6 is 0 Å². The van der Waals surface area contributed by atoms with Crippen LogP contribution < -0.4 is 5.46 Å². The molecule has 56 heteroatoms. The van der Waals surface area contributed by atoms with Gasteiger partial charge in [-0.25, -0.2) is 0 Å². The Kier molecular flexibility index (Phi) is 30.9. The Morgan fingerprint density at radius 2 is 0.723 bits per heavy atom. The third-order valence-corrected chi connectivity index (χ3v) is 18.2. The van der Waals surface area contributed by atoms with Crippen LogP contribution in [-0.4, -0.2) is 387 Å². The normalized spacial score (nSPS) is 15.8. The zero-order valence-electron chi connectivity index (χ0n) is 47.9. The summed E-state index contributed by atoms with van der Waals surface area (Å²) >= 11 is 0. The number of rotatable bonds is 28. The first-order chi connectivity index (χ1) is 38.0. The highest BCUT2D eigenvalue weighted by Gasteiger charge is 2.58. The topological polar surface area (TPSA) is 164 Å². The van der Waals surface area contributed by atoms with Gasteiger partial charge in [0.05, 0.1) is 60.6 Å². The van der Waals surface area contributed by atoms with Crippen LogP contribution in [0.4, 0.5) is 0 Å². The van der Waals surface area contributed by atoms with Crippen molar-refractivity contribution < 1.29 is 54.2 Å². The largest absolute Gasteiger partial charge is 0.494 e. The van der Waals surface area contributed by atoms with E-state index in [4.69, 9.17) is 190 Å². The standard InChI is InChI=1S/C16H23BO7S.C11H14O5S.B41/c1-14(2)15(3,4)24-17(23-14)12-5-7-13(8-6-12)25(19,20)22-11-16(18)9-21-10-16;1-9-2-4-10(5-3-9)17(13,14)16-8-11(12)6-15-7-11;1-22-33(23(2)3)38(32(20)21)41(39(34(24(4)5)25(6)7)35(26(8)9)27(10)11)40(36(28(12)13)29(14)15)37(30(16)17)31(18)19/h5-8,18H,9-11H2,1-4H3;2-5,12H,6-8H2,1H3;. The summed E-state index contributed by atoms with van der Waals surface area (Å²) < 4.78 is 79.2. The fraction of sp³-hybridized carbons (Fsp3) is 0.556. The van der Waals surface area contributed by atoms with Crippen LogP contribution in [0.25, 0.3) is 0 Å². The highest BCUT2D eigenvalue weighted by Crippen LogP contribution is 2.36. The fourth-order valence-electron chi connectivity index (χ4n) is 10.5. The van der Waals surface area contributed by atoms with Gasteiger partial charge in [-0.15, -0.1) is 0 Å². The van der Waals surface area contributed by atoms with Gasteiger partial charge in [0.15, 0.2) is 0 Å². The van der Waals surface area contributed by atoms with E-state index in [1.807, 2.05) is 34.6 Å². The minimum absolute atomic E-state index is 0.0107. The molecule has 3 fully saturated rings. The second-order valence-electron chi connectivity index (χ2n) is 23.0. The molecule has 3 aliphatic rings. The van der Waals surface area contributed by atoms with Gasteiger partial charge in [-0.3, -0.25) is 8.37 Å². The van der Waals surface area contributed by atoms with Gasteiger partial charge in [0, 0.05) is 291 Å². The molecule has 2 aromatic carbocycles. The average molecular weight is 1070 g/mol. The number of hydrogen-bond donors (Lipinski definition) is 2. The maximum Gasteiger partial charge on any atom is 0.494 e. The molecule has 5 rings (SSSR count). The first kappa shape index (κ1) is 78.0. The van der Waals surface area contributed by atoms with Crippen molar-refractivity contribution in [1.29, 1.82) is 0 Å². The second kappa shape index (κ2) is 32.8. The summed E-state index contributed by atoms with van der Waals surface area (Å²) in [5.74, 6) is 0. The lowest BCUT2D eigenvalue weighted by atomic mass is 8.27. The lowest BCUT2D eigenvalue weighted by molar-refractivity contribution is -0.191. The lowest BCUT2D eigenvalue weighted by Gasteiger charge is -2.54. The molecule has 43 radical (unpaired) electrons. The van der Waals surface area contributed by atoms with E-state index < -0.39 is 171 Å². The van der Waals surface area contributed by atoms with E-state index in [1.54, 1.807) is 24.3 Å². The van der Waals surface area contributed by atoms with E-state index in [2.05, 4.69) is 0 Å². The van der Waals surface area contributed by atoms with Crippen molar-refractivity contribution in [2.75, 3.05) is 39.6 Å². The maximum absolute atomic E-state index is 12.2. The van der Waals surface area contributed by atoms with E-state index in [0.29, 0.717) is 0 Å². The third-order valence-electron chi connectivity index (χ3n) is 15.7. The molecular weight excluding hydrogens is 1030 g/mol. The highest BCUT2D eigenvalue weighted by molar-refractivity contribution is 8.32. The van der Waals surface area contributed by atoms with E-state index >= 15 is 0 Å². The summed E-state index contributed by atoms with van der Waals surface area (Å²) in [7, 11) is 124. The van der Waals surface area contributed by atoms with Crippen molar-refractivity contribution in [1.82, 2.24) is 0 Å². The molecule has 3 heterocycles. The van der Waals surface area contributed by atoms with Crippen molar-refractivity contribution in [3.8, 4) is 0 Å². The van der Waals surface area contributed by atoms with Gasteiger partial charge >= 0.3 is 7.12 Å². The first-order valence-corrected chi connectivity index (χ1v) is 29.4. The van der Waals surface area contributed by atoms with E-state index in [-0.39, 0.29) is 49.4 Å².